The predicted octanol–water partition coefficient (Wildman–Crippen LogP) is 7.62. The Bertz CT molecular complexity index is 1410. The third kappa shape index (κ3) is 7.29. The van der Waals surface area contributed by atoms with E-state index in [0.29, 0.717) is 30.5 Å². The zero-order valence-corrected chi connectivity index (χ0v) is 23.5. The van der Waals surface area contributed by atoms with E-state index in [1.54, 1.807) is 6.08 Å². The van der Waals surface area contributed by atoms with Crippen LogP contribution in [-0.2, 0) is 21.0 Å². The second-order valence-corrected chi connectivity index (χ2v) is 9.58. The molecule has 0 saturated carbocycles. The van der Waals surface area contributed by atoms with Crippen molar-refractivity contribution in [1.29, 1.82) is 0 Å². The molecule has 0 amide bonds. The van der Waals surface area contributed by atoms with Crippen molar-refractivity contribution in [3.05, 3.63) is 89.1 Å². The summed E-state index contributed by atoms with van der Waals surface area (Å²) in [5, 5.41) is 4.88. The van der Waals surface area contributed by atoms with Crippen molar-refractivity contribution in [2.75, 3.05) is 0 Å². The van der Waals surface area contributed by atoms with Crippen LogP contribution in [0.25, 0.3) is 17.0 Å². The van der Waals surface area contributed by atoms with E-state index >= 15 is 0 Å². The lowest BCUT2D eigenvalue weighted by atomic mass is 10.0. The highest BCUT2D eigenvalue weighted by Crippen LogP contribution is 2.29. The number of carbonyl (C=O) groups is 3. The first-order chi connectivity index (χ1) is 18.8. The molecule has 0 atom stereocenters. The number of carbonyl (C=O) groups excluding carboxylic acids is 3. The van der Waals surface area contributed by atoms with Crippen molar-refractivity contribution in [3.8, 4) is 0 Å². The molecule has 6 heteroatoms. The molecule has 0 unspecified atom stereocenters. The summed E-state index contributed by atoms with van der Waals surface area (Å²) in [5.41, 5.74) is 4.68. The molecule has 0 N–H and O–H groups in total. The van der Waals surface area contributed by atoms with Crippen molar-refractivity contribution in [2.45, 2.75) is 72.8 Å². The number of fused-ring (bicyclic) bond motifs is 1. The molecule has 39 heavy (non-hydrogen) atoms. The number of aromatic nitrogens is 1. The van der Waals surface area contributed by atoms with E-state index in [1.165, 1.54) is 0 Å². The number of aryl methyl sites for hydroxylation is 2. The first-order valence-electron chi connectivity index (χ1n) is 13.7. The van der Waals surface area contributed by atoms with Crippen molar-refractivity contribution >= 4 is 40.2 Å². The van der Waals surface area contributed by atoms with Gasteiger partial charge in [0.05, 0.1) is 0 Å². The molecular weight excluding hydrogens is 488 g/mol. The summed E-state index contributed by atoms with van der Waals surface area (Å²) in [6.45, 7) is 12.7. The van der Waals surface area contributed by atoms with Gasteiger partial charge in [-0.25, -0.2) is 4.79 Å². The Labute approximate surface area is 231 Å². The van der Waals surface area contributed by atoms with Crippen molar-refractivity contribution in [1.82, 2.24) is 4.57 Å². The summed E-state index contributed by atoms with van der Waals surface area (Å²) in [5.74, 6) is -0.799. The molecule has 0 saturated heterocycles. The summed E-state index contributed by atoms with van der Waals surface area (Å²) in [7, 11) is 0. The van der Waals surface area contributed by atoms with E-state index in [2.05, 4.69) is 30.1 Å². The SMILES string of the molecule is C=C(/C=C\c1c(C)c2cc(C(=O)c3ccccc3)ccc2n1CC)C(=O)/C(CCC)=N/OC(=O)CCCCC. The smallest absolute Gasteiger partial charge is 0.335 e. The molecule has 0 spiro atoms. The van der Waals surface area contributed by atoms with Gasteiger partial charge in [-0.2, -0.15) is 0 Å². The monoisotopic (exact) mass is 526 g/mol. The summed E-state index contributed by atoms with van der Waals surface area (Å²) in [6, 6.07) is 15.0. The number of allylic oxidation sites excluding steroid dienone is 2. The van der Waals surface area contributed by atoms with Crippen molar-refractivity contribution in [3.63, 3.8) is 0 Å². The standard InChI is InChI=1S/C33H38N2O4/c1-6-9-11-17-31(36)39-34-28(14-7-2)32(37)23(4)18-20-29-24(5)27-22-26(19-21-30(27)35(29)8-3)33(38)25-15-12-10-13-16-25/h10,12-13,15-16,18-22H,4,6-9,11,14,17H2,1-3,5H3/b20-18-,34-28+. The van der Waals surface area contributed by atoms with Crippen molar-refractivity contribution in [2.24, 2.45) is 5.16 Å². The second-order valence-electron chi connectivity index (χ2n) is 9.58. The molecule has 1 aromatic heterocycles. The summed E-state index contributed by atoms with van der Waals surface area (Å²) in [4.78, 5) is 43.1. The van der Waals surface area contributed by atoms with Crippen molar-refractivity contribution < 1.29 is 19.2 Å². The number of hydrogen-bond donors (Lipinski definition) is 0. The van der Waals surface area contributed by atoms with Gasteiger partial charge in [-0.15, -0.1) is 0 Å². The minimum Gasteiger partial charge on any atom is -0.341 e. The molecule has 0 fully saturated rings. The lowest BCUT2D eigenvalue weighted by Crippen LogP contribution is -2.16. The number of oxime groups is 1. The number of ketones is 2. The Morgan fingerprint density at radius 3 is 2.36 bits per heavy atom. The molecule has 1 heterocycles. The van der Waals surface area contributed by atoms with E-state index < -0.39 is 5.97 Å². The van der Waals surface area contributed by atoms with Gasteiger partial charge in [0.1, 0.15) is 5.71 Å². The zero-order chi connectivity index (χ0) is 28.4. The largest absolute Gasteiger partial charge is 0.341 e. The Hall–Kier alpha value is -4.06. The van der Waals surface area contributed by atoms with Crippen LogP contribution in [0.5, 0.6) is 0 Å². The second kappa shape index (κ2) is 14.2. The van der Waals surface area contributed by atoms with Gasteiger partial charge in [-0.1, -0.05) is 75.2 Å². The van der Waals surface area contributed by atoms with Gasteiger partial charge in [0.25, 0.3) is 0 Å². The lowest BCUT2D eigenvalue weighted by Gasteiger charge is -2.07. The lowest BCUT2D eigenvalue weighted by molar-refractivity contribution is -0.143. The fraction of sp³-hybridized carbons (Fsp3) is 0.333. The minimum atomic E-state index is -0.431. The fourth-order valence-electron chi connectivity index (χ4n) is 4.54. The van der Waals surface area contributed by atoms with E-state index in [0.717, 1.165) is 41.4 Å². The third-order valence-corrected chi connectivity index (χ3v) is 6.71. The van der Waals surface area contributed by atoms with Crippen LogP contribution in [0.15, 0.2) is 71.9 Å². The molecule has 204 valence electrons. The summed E-state index contributed by atoms with van der Waals surface area (Å²) < 4.78 is 2.15. The number of unbranched alkanes of at least 4 members (excludes halogenated alkanes) is 2. The van der Waals surface area contributed by atoms with Gasteiger partial charge >= 0.3 is 5.97 Å². The summed E-state index contributed by atoms with van der Waals surface area (Å²) >= 11 is 0. The number of hydrogen-bond acceptors (Lipinski definition) is 5. The zero-order valence-electron chi connectivity index (χ0n) is 23.5. The van der Waals surface area contributed by atoms with E-state index in [-0.39, 0.29) is 29.3 Å². The third-order valence-electron chi connectivity index (χ3n) is 6.71. The molecular formula is C33H38N2O4. The highest BCUT2D eigenvalue weighted by molar-refractivity contribution is 6.46. The molecule has 3 aromatic rings. The maximum Gasteiger partial charge on any atom is 0.335 e. The first-order valence-corrected chi connectivity index (χ1v) is 13.7. The average molecular weight is 527 g/mol. The van der Waals surface area contributed by atoms with Crippen LogP contribution in [0.3, 0.4) is 0 Å². The Kier molecular flexibility index (Phi) is 10.7. The Balaban J connectivity index is 1.84. The van der Waals surface area contributed by atoms with E-state index in [9.17, 15) is 14.4 Å². The molecule has 6 nitrogen and oxygen atoms in total. The number of nitrogens with zero attached hydrogens (tertiary/aromatic N) is 2. The summed E-state index contributed by atoms with van der Waals surface area (Å²) in [6.07, 6.45) is 7.60. The van der Waals surface area contributed by atoms with Crippen LogP contribution < -0.4 is 0 Å². The maximum absolute atomic E-state index is 13.1. The Morgan fingerprint density at radius 1 is 0.949 bits per heavy atom. The van der Waals surface area contributed by atoms with Gasteiger partial charge in [-0.3, -0.25) is 9.59 Å². The first kappa shape index (κ1) is 29.5. The van der Waals surface area contributed by atoms with Crippen LogP contribution in [0.4, 0.5) is 0 Å². The number of Topliss-reactive ketones (excluding diaryl/α,β-unsaturated/α-hetero) is 1. The molecule has 3 rings (SSSR count). The topological polar surface area (TPSA) is 77.7 Å². The van der Waals surface area contributed by atoms with Gasteiger partial charge in [0.2, 0.25) is 5.78 Å². The normalized spacial score (nSPS) is 11.7. The predicted molar refractivity (Wildman–Crippen MR) is 158 cm³/mol. The molecule has 0 aliphatic rings. The number of rotatable bonds is 14. The van der Waals surface area contributed by atoms with E-state index in [4.69, 9.17) is 4.84 Å². The maximum atomic E-state index is 13.1. The van der Waals surface area contributed by atoms with Crippen LogP contribution in [0, 0.1) is 6.92 Å². The van der Waals surface area contributed by atoms with Gasteiger partial charge in [0, 0.05) is 46.3 Å². The highest BCUT2D eigenvalue weighted by Gasteiger charge is 2.17. The molecule has 0 bridgehead atoms. The quantitative estimate of drug-likeness (QED) is 0.0412. The van der Waals surface area contributed by atoms with Gasteiger partial charge in [-0.05, 0) is 62.6 Å². The van der Waals surface area contributed by atoms with Crippen LogP contribution in [-0.4, -0.2) is 27.8 Å². The van der Waals surface area contributed by atoms with Crippen LogP contribution in [0.2, 0.25) is 0 Å². The molecule has 0 aliphatic carbocycles. The van der Waals surface area contributed by atoms with Crippen LogP contribution >= 0.6 is 0 Å². The highest BCUT2D eigenvalue weighted by atomic mass is 16.7. The molecule has 2 aromatic carbocycles. The Morgan fingerprint density at radius 2 is 1.69 bits per heavy atom. The van der Waals surface area contributed by atoms with E-state index in [1.807, 2.05) is 68.5 Å². The fourth-order valence-corrected chi connectivity index (χ4v) is 4.54. The average Bonchev–Trinajstić information content (AvgIpc) is 3.23. The van der Waals surface area contributed by atoms with Crippen LogP contribution in [0.1, 0.15) is 86.5 Å². The molecule has 0 aliphatic heterocycles. The molecule has 0 radical (unpaired) electrons. The van der Waals surface area contributed by atoms with Gasteiger partial charge in [0.15, 0.2) is 5.78 Å². The van der Waals surface area contributed by atoms with Gasteiger partial charge < -0.3 is 9.40 Å². The minimum absolute atomic E-state index is 0.0222. The number of benzene rings is 2.